The van der Waals surface area contributed by atoms with Crippen LogP contribution in [0, 0.1) is 5.82 Å². The maximum Gasteiger partial charge on any atom is 0.124 e. The van der Waals surface area contributed by atoms with Crippen molar-refractivity contribution < 1.29 is 13.9 Å². The summed E-state index contributed by atoms with van der Waals surface area (Å²) in [6.07, 6.45) is 0. The van der Waals surface area contributed by atoms with Crippen LogP contribution in [-0.2, 0) is 0 Å². The van der Waals surface area contributed by atoms with Gasteiger partial charge in [0, 0.05) is 11.1 Å². The van der Waals surface area contributed by atoms with Crippen molar-refractivity contribution in [3.05, 3.63) is 59.4 Å². The van der Waals surface area contributed by atoms with Crippen molar-refractivity contribution in [2.45, 2.75) is 13.0 Å². The van der Waals surface area contributed by atoms with Gasteiger partial charge in [0.05, 0.1) is 19.8 Å². The van der Waals surface area contributed by atoms with E-state index in [1.165, 1.54) is 12.1 Å². The molecule has 112 valence electrons. The zero-order valence-electron chi connectivity index (χ0n) is 12.5. The summed E-state index contributed by atoms with van der Waals surface area (Å²) in [5.41, 5.74) is 1.69. The Bertz CT molecular complexity index is 601. The summed E-state index contributed by atoms with van der Waals surface area (Å²) in [5, 5.41) is 3.21. The molecule has 1 unspecified atom stereocenters. The number of rotatable bonds is 6. The molecule has 0 aliphatic heterocycles. The minimum absolute atomic E-state index is 0.210. The highest BCUT2D eigenvalue weighted by atomic mass is 19.1. The number of hydrogen-bond donors (Lipinski definition) is 1. The molecular formula is C17H20FNO2. The Hall–Kier alpha value is -2.07. The van der Waals surface area contributed by atoms with E-state index in [4.69, 9.17) is 9.47 Å². The van der Waals surface area contributed by atoms with E-state index in [0.29, 0.717) is 12.4 Å². The maximum absolute atomic E-state index is 13.6. The molecule has 3 nitrogen and oxygen atoms in total. The quantitative estimate of drug-likeness (QED) is 0.882. The smallest absolute Gasteiger partial charge is 0.124 e. The van der Waals surface area contributed by atoms with Crippen LogP contribution < -0.4 is 14.8 Å². The van der Waals surface area contributed by atoms with Crippen molar-refractivity contribution in [2.75, 3.05) is 20.8 Å². The van der Waals surface area contributed by atoms with Gasteiger partial charge in [-0.3, -0.25) is 0 Å². The van der Waals surface area contributed by atoms with Gasteiger partial charge in [-0.25, -0.2) is 4.39 Å². The standard InChI is InChI=1S/C17H20FNO2/c1-4-21-16-8-6-5-7-13(16)17(19-2)14-11-12(18)9-10-15(14)20-3/h5-11,17,19H,4H2,1-3H3. The number of benzene rings is 2. The molecule has 0 heterocycles. The number of halogens is 1. The topological polar surface area (TPSA) is 30.5 Å². The Kier molecular flexibility index (Phi) is 5.17. The van der Waals surface area contributed by atoms with Crippen LogP contribution in [0.25, 0.3) is 0 Å². The summed E-state index contributed by atoms with van der Waals surface area (Å²) < 4.78 is 24.7. The van der Waals surface area contributed by atoms with Crippen molar-refractivity contribution in [1.29, 1.82) is 0 Å². The highest BCUT2D eigenvalue weighted by molar-refractivity contribution is 5.46. The van der Waals surface area contributed by atoms with E-state index >= 15 is 0 Å². The fourth-order valence-electron chi connectivity index (χ4n) is 2.42. The Morgan fingerprint density at radius 1 is 1.10 bits per heavy atom. The minimum atomic E-state index is -0.292. The third-order valence-corrected chi connectivity index (χ3v) is 3.32. The summed E-state index contributed by atoms with van der Waals surface area (Å²) in [6, 6.07) is 12.0. The molecule has 0 amide bonds. The van der Waals surface area contributed by atoms with Crippen LogP contribution >= 0.6 is 0 Å². The lowest BCUT2D eigenvalue weighted by Gasteiger charge is -2.22. The average Bonchev–Trinajstić information content (AvgIpc) is 2.50. The maximum atomic E-state index is 13.6. The number of methoxy groups -OCH3 is 1. The monoisotopic (exact) mass is 289 g/mol. The molecule has 21 heavy (non-hydrogen) atoms. The third kappa shape index (κ3) is 3.34. The summed E-state index contributed by atoms with van der Waals surface area (Å²) in [4.78, 5) is 0. The molecule has 0 aromatic heterocycles. The molecule has 0 spiro atoms. The van der Waals surface area contributed by atoms with Gasteiger partial charge in [0.15, 0.2) is 0 Å². The predicted molar refractivity (Wildman–Crippen MR) is 81.5 cm³/mol. The molecule has 1 N–H and O–H groups in total. The van der Waals surface area contributed by atoms with Gasteiger partial charge in [-0.1, -0.05) is 18.2 Å². The normalized spacial score (nSPS) is 12.0. The average molecular weight is 289 g/mol. The molecule has 2 rings (SSSR count). The molecule has 0 radical (unpaired) electrons. The van der Waals surface area contributed by atoms with Crippen LogP contribution in [0.4, 0.5) is 4.39 Å². The predicted octanol–water partition coefficient (Wildman–Crippen LogP) is 3.54. The van der Waals surface area contributed by atoms with Gasteiger partial charge in [-0.15, -0.1) is 0 Å². The van der Waals surface area contributed by atoms with Gasteiger partial charge in [0.25, 0.3) is 0 Å². The number of hydrogen-bond acceptors (Lipinski definition) is 3. The Morgan fingerprint density at radius 3 is 2.52 bits per heavy atom. The lowest BCUT2D eigenvalue weighted by molar-refractivity contribution is 0.333. The first kappa shape index (κ1) is 15.3. The van der Waals surface area contributed by atoms with Crippen LogP contribution in [0.15, 0.2) is 42.5 Å². The highest BCUT2D eigenvalue weighted by Gasteiger charge is 2.20. The van der Waals surface area contributed by atoms with E-state index in [1.807, 2.05) is 38.2 Å². The number of nitrogens with one attached hydrogen (secondary N) is 1. The van der Waals surface area contributed by atoms with Crippen LogP contribution in [0.5, 0.6) is 11.5 Å². The molecule has 0 fully saturated rings. The first-order valence-electron chi connectivity index (χ1n) is 6.93. The molecule has 4 heteroatoms. The van der Waals surface area contributed by atoms with Gasteiger partial charge in [-0.05, 0) is 38.2 Å². The van der Waals surface area contributed by atoms with Crippen molar-refractivity contribution in [3.8, 4) is 11.5 Å². The fraction of sp³-hybridized carbons (Fsp3) is 0.294. The second kappa shape index (κ2) is 7.09. The van der Waals surface area contributed by atoms with Crippen LogP contribution in [0.1, 0.15) is 24.1 Å². The van der Waals surface area contributed by atoms with E-state index in [-0.39, 0.29) is 11.9 Å². The van der Waals surface area contributed by atoms with Crippen LogP contribution in [0.3, 0.4) is 0 Å². The second-order valence-electron chi connectivity index (χ2n) is 4.58. The van der Waals surface area contributed by atoms with Crippen LogP contribution in [-0.4, -0.2) is 20.8 Å². The van der Waals surface area contributed by atoms with E-state index in [0.717, 1.165) is 16.9 Å². The highest BCUT2D eigenvalue weighted by Crippen LogP contribution is 2.34. The number of para-hydroxylation sites is 1. The van der Waals surface area contributed by atoms with Gasteiger partial charge < -0.3 is 14.8 Å². The molecular weight excluding hydrogens is 269 g/mol. The second-order valence-corrected chi connectivity index (χ2v) is 4.58. The van der Waals surface area contributed by atoms with Crippen molar-refractivity contribution >= 4 is 0 Å². The summed E-state index contributed by atoms with van der Waals surface area (Å²) in [5.74, 6) is 1.13. The molecule has 2 aromatic carbocycles. The van der Waals surface area contributed by atoms with Crippen molar-refractivity contribution in [1.82, 2.24) is 5.32 Å². The molecule has 2 aromatic rings. The lowest BCUT2D eigenvalue weighted by Crippen LogP contribution is -2.19. The van der Waals surface area contributed by atoms with Gasteiger partial charge in [-0.2, -0.15) is 0 Å². The molecule has 0 bridgehead atoms. The summed E-state index contributed by atoms with van der Waals surface area (Å²) in [6.45, 7) is 2.52. The van der Waals surface area contributed by atoms with Crippen LogP contribution in [0.2, 0.25) is 0 Å². The summed E-state index contributed by atoms with van der Waals surface area (Å²) in [7, 11) is 3.41. The minimum Gasteiger partial charge on any atom is -0.496 e. The molecule has 0 aliphatic carbocycles. The van der Waals surface area contributed by atoms with Crippen molar-refractivity contribution in [3.63, 3.8) is 0 Å². The number of ether oxygens (including phenoxy) is 2. The summed E-state index contributed by atoms with van der Waals surface area (Å²) >= 11 is 0. The van der Waals surface area contributed by atoms with E-state index < -0.39 is 0 Å². The van der Waals surface area contributed by atoms with Gasteiger partial charge >= 0.3 is 0 Å². The van der Waals surface area contributed by atoms with E-state index in [2.05, 4.69) is 5.32 Å². The fourth-order valence-corrected chi connectivity index (χ4v) is 2.42. The Morgan fingerprint density at radius 2 is 1.86 bits per heavy atom. The molecule has 0 saturated carbocycles. The largest absolute Gasteiger partial charge is 0.496 e. The Labute approximate surface area is 124 Å². The molecule has 0 aliphatic rings. The molecule has 1 atom stereocenters. The zero-order valence-corrected chi connectivity index (χ0v) is 12.5. The van der Waals surface area contributed by atoms with Gasteiger partial charge in [0.1, 0.15) is 17.3 Å². The van der Waals surface area contributed by atoms with E-state index in [1.54, 1.807) is 13.2 Å². The Balaban J connectivity index is 2.52. The SMILES string of the molecule is CCOc1ccccc1C(NC)c1cc(F)ccc1OC. The first-order valence-corrected chi connectivity index (χ1v) is 6.93. The molecule has 0 saturated heterocycles. The first-order chi connectivity index (χ1) is 10.2. The van der Waals surface area contributed by atoms with E-state index in [9.17, 15) is 4.39 Å². The van der Waals surface area contributed by atoms with Gasteiger partial charge in [0.2, 0.25) is 0 Å². The lowest BCUT2D eigenvalue weighted by atomic mass is 9.97. The van der Waals surface area contributed by atoms with Crippen molar-refractivity contribution in [2.24, 2.45) is 0 Å². The third-order valence-electron chi connectivity index (χ3n) is 3.32. The zero-order chi connectivity index (χ0) is 15.2.